The van der Waals surface area contributed by atoms with Crippen LogP contribution in [-0.4, -0.2) is 24.4 Å². The van der Waals surface area contributed by atoms with E-state index in [9.17, 15) is 9.59 Å². The number of thioether (sulfide) groups is 1. The van der Waals surface area contributed by atoms with Gasteiger partial charge in [-0.15, -0.1) is 11.8 Å². The molecular formula is C27H26N2O4S. The SMILES string of the molecule is CC(C)(C)c1ccc(C(=O)Nc2cccc([C@@H]3SCC(=O)N3c3ccc4c(c3)OCO4)c2)cc1. The maximum absolute atomic E-state index is 12.8. The summed E-state index contributed by atoms with van der Waals surface area (Å²) in [6.07, 6.45) is 0. The number of amides is 2. The summed E-state index contributed by atoms with van der Waals surface area (Å²) in [5.41, 5.74) is 4.20. The Kier molecular flexibility index (Phi) is 5.73. The lowest BCUT2D eigenvalue weighted by molar-refractivity contribution is -0.115. The van der Waals surface area contributed by atoms with Crippen LogP contribution < -0.4 is 19.7 Å². The number of nitrogens with one attached hydrogen (secondary N) is 1. The number of hydrogen-bond acceptors (Lipinski definition) is 5. The first-order valence-electron chi connectivity index (χ1n) is 11.1. The van der Waals surface area contributed by atoms with Crippen LogP contribution in [0.4, 0.5) is 11.4 Å². The van der Waals surface area contributed by atoms with Crippen LogP contribution in [-0.2, 0) is 10.2 Å². The molecule has 0 spiro atoms. The van der Waals surface area contributed by atoms with Crippen molar-refractivity contribution in [1.29, 1.82) is 0 Å². The first-order chi connectivity index (χ1) is 16.3. The Morgan fingerprint density at radius 1 is 1.00 bits per heavy atom. The topological polar surface area (TPSA) is 67.9 Å². The molecular weight excluding hydrogens is 448 g/mol. The standard InChI is InChI=1S/C27H26N2O4S/c1-27(2,3)19-9-7-17(8-10-19)25(31)28-20-6-4-5-18(13-20)26-29(24(30)15-34-26)21-11-12-22-23(14-21)33-16-32-22/h4-14,26H,15-16H2,1-3H3,(H,28,31)/t26-/m0/s1. The van der Waals surface area contributed by atoms with E-state index in [1.165, 1.54) is 5.56 Å². The van der Waals surface area contributed by atoms with Crippen molar-refractivity contribution >= 4 is 35.0 Å². The number of nitrogens with zero attached hydrogens (tertiary/aromatic N) is 1. The van der Waals surface area contributed by atoms with Gasteiger partial charge >= 0.3 is 0 Å². The van der Waals surface area contributed by atoms with Crippen LogP contribution in [0.3, 0.4) is 0 Å². The lowest BCUT2D eigenvalue weighted by Crippen LogP contribution is -2.27. The summed E-state index contributed by atoms with van der Waals surface area (Å²) in [6.45, 7) is 6.62. The number of carbonyl (C=O) groups is 2. The molecule has 3 aromatic rings. The van der Waals surface area contributed by atoms with Crippen LogP contribution in [0, 0.1) is 0 Å². The molecule has 0 aliphatic carbocycles. The average molecular weight is 475 g/mol. The van der Waals surface area contributed by atoms with Gasteiger partial charge in [0, 0.05) is 23.0 Å². The first kappa shape index (κ1) is 22.3. The normalized spacial score (nSPS) is 17.2. The van der Waals surface area contributed by atoms with Gasteiger partial charge in [-0.2, -0.15) is 0 Å². The van der Waals surface area contributed by atoms with Crippen LogP contribution >= 0.6 is 11.8 Å². The number of ether oxygens (including phenoxy) is 2. The van der Waals surface area contributed by atoms with Crippen molar-refractivity contribution in [3.05, 3.63) is 83.4 Å². The van der Waals surface area contributed by atoms with Gasteiger partial charge in [0.25, 0.3) is 5.91 Å². The molecule has 6 nitrogen and oxygen atoms in total. The Labute approximate surface area is 203 Å². The highest BCUT2D eigenvalue weighted by atomic mass is 32.2. The van der Waals surface area contributed by atoms with Gasteiger partial charge in [-0.1, -0.05) is 45.0 Å². The van der Waals surface area contributed by atoms with E-state index in [0.29, 0.717) is 28.5 Å². The molecule has 7 heteroatoms. The van der Waals surface area contributed by atoms with Crippen molar-refractivity contribution in [3.8, 4) is 11.5 Å². The van der Waals surface area contributed by atoms with Crippen molar-refractivity contribution in [2.75, 3.05) is 22.8 Å². The molecule has 5 rings (SSSR count). The maximum atomic E-state index is 12.8. The lowest BCUT2D eigenvalue weighted by Gasteiger charge is -2.25. The molecule has 2 amide bonds. The van der Waals surface area contributed by atoms with Crippen molar-refractivity contribution < 1.29 is 19.1 Å². The van der Waals surface area contributed by atoms with Gasteiger partial charge in [0.1, 0.15) is 5.37 Å². The number of anilines is 2. The van der Waals surface area contributed by atoms with Crippen molar-refractivity contribution in [3.63, 3.8) is 0 Å². The maximum Gasteiger partial charge on any atom is 0.255 e. The second-order valence-corrected chi connectivity index (χ2v) is 10.4. The third kappa shape index (κ3) is 4.35. The monoisotopic (exact) mass is 474 g/mol. The molecule has 2 aliphatic rings. The van der Waals surface area contributed by atoms with Gasteiger partial charge in [-0.3, -0.25) is 14.5 Å². The van der Waals surface area contributed by atoms with E-state index in [1.807, 2.05) is 66.7 Å². The van der Waals surface area contributed by atoms with E-state index in [1.54, 1.807) is 16.7 Å². The molecule has 0 bridgehead atoms. The predicted molar refractivity (Wildman–Crippen MR) is 135 cm³/mol. The minimum Gasteiger partial charge on any atom is -0.454 e. The molecule has 2 aliphatic heterocycles. The Balaban J connectivity index is 1.36. The zero-order valence-corrected chi connectivity index (χ0v) is 20.1. The van der Waals surface area contributed by atoms with E-state index < -0.39 is 0 Å². The van der Waals surface area contributed by atoms with Crippen LogP contribution in [0.1, 0.15) is 47.6 Å². The molecule has 0 saturated carbocycles. The van der Waals surface area contributed by atoms with E-state index >= 15 is 0 Å². The van der Waals surface area contributed by atoms with Gasteiger partial charge in [0.2, 0.25) is 12.7 Å². The number of rotatable bonds is 4. The predicted octanol–water partition coefficient (Wildman–Crippen LogP) is 5.74. The molecule has 2 heterocycles. The number of benzene rings is 3. The molecule has 0 aromatic heterocycles. The Hall–Kier alpha value is -3.45. The van der Waals surface area contributed by atoms with Crippen LogP contribution in [0.2, 0.25) is 0 Å². The summed E-state index contributed by atoms with van der Waals surface area (Å²) in [4.78, 5) is 27.4. The number of hydrogen-bond donors (Lipinski definition) is 1. The molecule has 0 radical (unpaired) electrons. The zero-order valence-electron chi connectivity index (χ0n) is 19.3. The summed E-state index contributed by atoms with van der Waals surface area (Å²) >= 11 is 1.56. The van der Waals surface area contributed by atoms with Gasteiger partial charge in [-0.25, -0.2) is 0 Å². The smallest absolute Gasteiger partial charge is 0.255 e. The fraction of sp³-hybridized carbons (Fsp3) is 0.259. The van der Waals surface area contributed by atoms with E-state index in [-0.39, 0.29) is 29.4 Å². The quantitative estimate of drug-likeness (QED) is 0.522. The third-order valence-corrected chi connectivity index (χ3v) is 7.16. The molecule has 1 atom stereocenters. The highest BCUT2D eigenvalue weighted by Gasteiger charge is 2.35. The summed E-state index contributed by atoms with van der Waals surface area (Å²) in [6, 6.07) is 20.9. The highest BCUT2D eigenvalue weighted by molar-refractivity contribution is 8.00. The summed E-state index contributed by atoms with van der Waals surface area (Å²) in [5, 5.41) is 2.79. The van der Waals surface area contributed by atoms with Crippen molar-refractivity contribution in [2.24, 2.45) is 0 Å². The zero-order chi connectivity index (χ0) is 23.9. The molecule has 34 heavy (non-hydrogen) atoms. The molecule has 1 N–H and O–H groups in total. The minimum absolute atomic E-state index is 0.0299. The summed E-state index contributed by atoms with van der Waals surface area (Å²) in [5.74, 6) is 1.57. The van der Waals surface area contributed by atoms with E-state index in [4.69, 9.17) is 9.47 Å². The van der Waals surface area contributed by atoms with Crippen LogP contribution in [0.5, 0.6) is 11.5 Å². The second-order valence-electron chi connectivity index (χ2n) is 9.37. The highest BCUT2D eigenvalue weighted by Crippen LogP contribution is 2.45. The number of carbonyl (C=O) groups excluding carboxylic acids is 2. The molecule has 174 valence electrons. The molecule has 1 fully saturated rings. The van der Waals surface area contributed by atoms with Crippen molar-refractivity contribution in [1.82, 2.24) is 0 Å². The van der Waals surface area contributed by atoms with E-state index in [0.717, 1.165) is 11.3 Å². The summed E-state index contributed by atoms with van der Waals surface area (Å²) in [7, 11) is 0. The van der Waals surface area contributed by atoms with E-state index in [2.05, 4.69) is 26.1 Å². The number of fused-ring (bicyclic) bond motifs is 1. The Morgan fingerprint density at radius 3 is 2.53 bits per heavy atom. The van der Waals surface area contributed by atoms with Crippen molar-refractivity contribution in [2.45, 2.75) is 31.6 Å². The van der Waals surface area contributed by atoms with Gasteiger partial charge in [-0.05, 0) is 52.9 Å². The van der Waals surface area contributed by atoms with Crippen LogP contribution in [0.25, 0.3) is 0 Å². The summed E-state index contributed by atoms with van der Waals surface area (Å²) < 4.78 is 10.9. The average Bonchev–Trinajstić information content (AvgIpc) is 3.44. The third-order valence-electron chi connectivity index (χ3n) is 5.94. The van der Waals surface area contributed by atoms with Gasteiger partial charge < -0.3 is 14.8 Å². The fourth-order valence-electron chi connectivity index (χ4n) is 4.08. The molecule has 0 unspecified atom stereocenters. The first-order valence-corrected chi connectivity index (χ1v) is 12.2. The second kappa shape index (κ2) is 8.72. The minimum atomic E-state index is -0.198. The van der Waals surface area contributed by atoms with Gasteiger partial charge in [0.05, 0.1) is 5.75 Å². The largest absolute Gasteiger partial charge is 0.454 e. The fourth-order valence-corrected chi connectivity index (χ4v) is 5.25. The lowest BCUT2D eigenvalue weighted by atomic mass is 9.87. The molecule has 3 aromatic carbocycles. The van der Waals surface area contributed by atoms with Crippen LogP contribution in [0.15, 0.2) is 66.7 Å². The van der Waals surface area contributed by atoms with Gasteiger partial charge in [0.15, 0.2) is 11.5 Å². The molecule has 1 saturated heterocycles. The Morgan fingerprint density at radius 2 is 1.76 bits per heavy atom. The Bertz CT molecular complexity index is 1250.